The molecule has 1 aromatic carbocycles. The fraction of sp³-hybridized carbons (Fsp3) is 0.250. The van der Waals surface area contributed by atoms with Crippen LogP contribution >= 0.6 is 0 Å². The molecule has 0 aliphatic carbocycles. The molecule has 6 rings (SSSR count). The number of halogens is 1. The highest BCUT2D eigenvalue weighted by molar-refractivity contribution is 5.99. The molecule has 0 spiro atoms. The molecule has 5 aromatic rings. The Balaban J connectivity index is 1.39. The summed E-state index contributed by atoms with van der Waals surface area (Å²) in [5.41, 5.74) is 7.67. The van der Waals surface area contributed by atoms with Gasteiger partial charge in [-0.05, 0) is 80.2 Å². The minimum Gasteiger partial charge on any atom is -0.492 e. The normalized spacial score (nSPS) is 14.0. The molecule has 0 saturated heterocycles. The number of aromatic amines is 2. The van der Waals surface area contributed by atoms with Gasteiger partial charge in [-0.15, -0.1) is 0 Å². The van der Waals surface area contributed by atoms with Crippen LogP contribution in [-0.2, 0) is 0 Å². The summed E-state index contributed by atoms with van der Waals surface area (Å²) in [6, 6.07) is 12.7. The lowest BCUT2D eigenvalue weighted by Crippen LogP contribution is -2.20. The molecule has 9 heteroatoms. The van der Waals surface area contributed by atoms with Gasteiger partial charge in [0.2, 0.25) is 0 Å². The lowest BCUT2D eigenvalue weighted by Gasteiger charge is -2.13. The standard InChI is InChI=1S/C28H28FN7O/c1-36(2)11-12-37-20-14-18(13-19(29)15-20)21-7-10-31-28-22(21)16-25(33-28)27-26-24(34-35-27)4-3-23(32-26)17-5-8-30-9-6-17/h3-5,7,10,13-16,30H,6,8-9,11-12H2,1-2H3,(H,31,33)(H,34,35). The molecular weight excluding hydrogens is 469 g/mol. The minimum atomic E-state index is -0.347. The lowest BCUT2D eigenvalue weighted by molar-refractivity contribution is 0.260. The average Bonchev–Trinajstić information content (AvgIpc) is 3.52. The van der Waals surface area contributed by atoms with Crippen molar-refractivity contribution in [2.75, 3.05) is 40.3 Å². The largest absolute Gasteiger partial charge is 0.492 e. The first-order valence-electron chi connectivity index (χ1n) is 12.4. The second-order valence-electron chi connectivity index (χ2n) is 9.48. The molecular formula is C28H28FN7O. The highest BCUT2D eigenvalue weighted by Crippen LogP contribution is 2.35. The van der Waals surface area contributed by atoms with Crippen LogP contribution in [0.4, 0.5) is 4.39 Å². The van der Waals surface area contributed by atoms with Crippen molar-refractivity contribution < 1.29 is 9.13 Å². The second-order valence-corrected chi connectivity index (χ2v) is 9.48. The molecule has 1 aliphatic heterocycles. The van der Waals surface area contributed by atoms with Crippen LogP contribution in [0.25, 0.3) is 50.2 Å². The van der Waals surface area contributed by atoms with Gasteiger partial charge >= 0.3 is 0 Å². The average molecular weight is 498 g/mol. The van der Waals surface area contributed by atoms with E-state index < -0.39 is 0 Å². The van der Waals surface area contributed by atoms with Crippen molar-refractivity contribution in [3.63, 3.8) is 0 Å². The van der Waals surface area contributed by atoms with Crippen LogP contribution < -0.4 is 10.1 Å². The van der Waals surface area contributed by atoms with Crippen LogP contribution in [0.15, 0.2) is 54.7 Å². The van der Waals surface area contributed by atoms with Crippen molar-refractivity contribution in [1.29, 1.82) is 0 Å². The third-order valence-corrected chi connectivity index (χ3v) is 6.58. The van der Waals surface area contributed by atoms with Gasteiger partial charge in [0.1, 0.15) is 35.0 Å². The quantitative estimate of drug-likeness (QED) is 0.304. The van der Waals surface area contributed by atoms with Gasteiger partial charge in [0.05, 0.1) is 16.9 Å². The number of hydrogen-bond donors (Lipinski definition) is 3. The van der Waals surface area contributed by atoms with Crippen molar-refractivity contribution in [3.05, 3.63) is 66.2 Å². The summed E-state index contributed by atoms with van der Waals surface area (Å²) < 4.78 is 20.4. The van der Waals surface area contributed by atoms with Crippen molar-refractivity contribution in [3.8, 4) is 28.3 Å². The summed E-state index contributed by atoms with van der Waals surface area (Å²) in [7, 11) is 3.95. The van der Waals surface area contributed by atoms with E-state index in [9.17, 15) is 4.39 Å². The number of nitrogens with zero attached hydrogens (tertiary/aromatic N) is 4. The van der Waals surface area contributed by atoms with E-state index in [4.69, 9.17) is 9.72 Å². The maximum atomic E-state index is 14.5. The highest BCUT2D eigenvalue weighted by Gasteiger charge is 2.17. The van der Waals surface area contributed by atoms with Gasteiger partial charge < -0.3 is 19.9 Å². The number of ether oxygens (including phenoxy) is 1. The van der Waals surface area contributed by atoms with Crippen LogP contribution in [0.2, 0.25) is 0 Å². The highest BCUT2D eigenvalue weighted by atomic mass is 19.1. The predicted molar refractivity (Wildman–Crippen MR) is 144 cm³/mol. The first-order valence-corrected chi connectivity index (χ1v) is 12.4. The predicted octanol–water partition coefficient (Wildman–Crippen LogP) is 4.62. The Morgan fingerprint density at radius 3 is 2.86 bits per heavy atom. The van der Waals surface area contributed by atoms with E-state index in [0.717, 1.165) is 70.7 Å². The van der Waals surface area contributed by atoms with Gasteiger partial charge in [-0.25, -0.2) is 14.4 Å². The first-order chi connectivity index (χ1) is 18.0. The third-order valence-electron chi connectivity index (χ3n) is 6.58. The molecule has 8 nitrogen and oxygen atoms in total. The van der Waals surface area contributed by atoms with Gasteiger partial charge in [0.25, 0.3) is 0 Å². The number of fused-ring (bicyclic) bond motifs is 2. The summed E-state index contributed by atoms with van der Waals surface area (Å²) in [4.78, 5) is 14.9. The van der Waals surface area contributed by atoms with Crippen molar-refractivity contribution >= 4 is 27.6 Å². The van der Waals surface area contributed by atoms with E-state index in [0.29, 0.717) is 18.0 Å². The fourth-order valence-corrected chi connectivity index (χ4v) is 4.67. The Kier molecular flexibility index (Phi) is 6.15. The van der Waals surface area contributed by atoms with Gasteiger partial charge in [0, 0.05) is 30.7 Å². The Labute approximate surface area is 213 Å². The molecule has 0 unspecified atom stereocenters. The van der Waals surface area contributed by atoms with E-state index in [1.54, 1.807) is 6.20 Å². The van der Waals surface area contributed by atoms with Crippen LogP contribution in [0, 0.1) is 5.82 Å². The Morgan fingerprint density at radius 1 is 1.11 bits per heavy atom. The van der Waals surface area contributed by atoms with Crippen molar-refractivity contribution in [1.82, 2.24) is 35.4 Å². The molecule has 3 N–H and O–H groups in total. The minimum absolute atomic E-state index is 0.347. The molecule has 0 amide bonds. The summed E-state index contributed by atoms with van der Waals surface area (Å²) >= 11 is 0. The topological polar surface area (TPSA) is 94.8 Å². The molecule has 188 valence electrons. The zero-order valence-electron chi connectivity index (χ0n) is 20.8. The Hall–Kier alpha value is -4.08. The fourth-order valence-electron chi connectivity index (χ4n) is 4.67. The smallest absolute Gasteiger partial charge is 0.138 e. The summed E-state index contributed by atoms with van der Waals surface area (Å²) in [6.07, 6.45) is 4.85. The molecule has 5 heterocycles. The van der Waals surface area contributed by atoms with Crippen molar-refractivity contribution in [2.24, 2.45) is 0 Å². The van der Waals surface area contributed by atoms with Gasteiger partial charge in [-0.3, -0.25) is 5.10 Å². The molecule has 4 aromatic heterocycles. The number of aromatic nitrogens is 5. The van der Waals surface area contributed by atoms with Gasteiger partial charge in [-0.1, -0.05) is 6.08 Å². The SMILES string of the molecule is CN(C)CCOc1cc(F)cc(-c2ccnc3[nH]c(-c4n[nH]c5ccc(C6=CCNCC6)nc45)cc23)c1. The molecule has 0 atom stereocenters. The number of likely N-dealkylation sites (N-methyl/N-ethyl adjacent to an activating group) is 1. The number of benzene rings is 1. The number of H-pyrrole nitrogens is 2. The maximum Gasteiger partial charge on any atom is 0.138 e. The number of nitrogens with one attached hydrogen (secondary N) is 3. The van der Waals surface area contributed by atoms with Crippen LogP contribution in [0.1, 0.15) is 12.1 Å². The Morgan fingerprint density at radius 2 is 2.03 bits per heavy atom. The summed E-state index contributed by atoms with van der Waals surface area (Å²) in [6.45, 7) is 3.02. The van der Waals surface area contributed by atoms with Crippen LogP contribution in [-0.4, -0.2) is 70.4 Å². The zero-order chi connectivity index (χ0) is 25.4. The zero-order valence-corrected chi connectivity index (χ0v) is 20.8. The summed E-state index contributed by atoms with van der Waals surface area (Å²) in [5.74, 6) is 0.153. The van der Waals surface area contributed by atoms with E-state index in [1.807, 2.05) is 49.3 Å². The molecule has 1 aliphatic rings. The van der Waals surface area contributed by atoms with E-state index in [1.165, 1.54) is 17.7 Å². The van der Waals surface area contributed by atoms with E-state index in [-0.39, 0.29) is 5.82 Å². The van der Waals surface area contributed by atoms with E-state index in [2.05, 4.69) is 31.6 Å². The molecule has 0 bridgehead atoms. The van der Waals surface area contributed by atoms with Crippen LogP contribution in [0.5, 0.6) is 5.75 Å². The van der Waals surface area contributed by atoms with Crippen LogP contribution in [0.3, 0.4) is 0 Å². The molecule has 0 radical (unpaired) electrons. The Bertz CT molecular complexity index is 1620. The third kappa shape index (κ3) is 4.71. The van der Waals surface area contributed by atoms with E-state index >= 15 is 0 Å². The molecule has 0 saturated carbocycles. The monoisotopic (exact) mass is 497 g/mol. The summed E-state index contributed by atoms with van der Waals surface area (Å²) in [5, 5.41) is 11.9. The lowest BCUT2D eigenvalue weighted by atomic mass is 10.0. The van der Waals surface area contributed by atoms with Gasteiger partial charge in [-0.2, -0.15) is 5.10 Å². The number of hydrogen-bond acceptors (Lipinski definition) is 6. The second kappa shape index (κ2) is 9.76. The molecule has 37 heavy (non-hydrogen) atoms. The maximum absolute atomic E-state index is 14.5. The van der Waals surface area contributed by atoms with Crippen molar-refractivity contribution in [2.45, 2.75) is 6.42 Å². The first kappa shape index (κ1) is 23.3. The van der Waals surface area contributed by atoms with Gasteiger partial charge in [0.15, 0.2) is 0 Å². The number of pyridine rings is 2. The molecule has 0 fully saturated rings. The number of rotatable bonds is 7.